The van der Waals surface area contributed by atoms with Gasteiger partial charge in [-0.2, -0.15) is 0 Å². The van der Waals surface area contributed by atoms with Gasteiger partial charge in [-0.1, -0.05) is 6.92 Å². The van der Waals surface area contributed by atoms with E-state index in [1.165, 1.54) is 9.88 Å². The molecule has 1 atom stereocenters. The van der Waals surface area contributed by atoms with Crippen LogP contribution in [-0.2, 0) is 10.3 Å². The van der Waals surface area contributed by atoms with Crippen molar-refractivity contribution >= 4 is 11.3 Å². The minimum absolute atomic E-state index is 0.127. The average Bonchev–Trinajstić information content (AvgIpc) is 2.72. The van der Waals surface area contributed by atoms with Gasteiger partial charge in [0.2, 0.25) is 0 Å². The fourth-order valence-electron chi connectivity index (χ4n) is 3.34. The summed E-state index contributed by atoms with van der Waals surface area (Å²) < 4.78 is 6.36. The Hall–Kier alpha value is -0.450. The maximum Gasteiger partial charge on any atom is 0.116 e. The predicted octanol–water partition coefficient (Wildman–Crippen LogP) is 3.93. The molecule has 0 saturated carbocycles. The first-order valence-electron chi connectivity index (χ1n) is 7.53. The van der Waals surface area contributed by atoms with Gasteiger partial charge in [0.05, 0.1) is 16.9 Å². The SMILES string of the molecule is CCCNC1(c2nc(C)c(C)s2)CC(C)(C)OC1(C)C. The number of ether oxygens (including phenoxy) is 1. The highest BCUT2D eigenvalue weighted by molar-refractivity contribution is 7.11. The fourth-order valence-corrected chi connectivity index (χ4v) is 4.57. The molecule has 4 heteroatoms. The van der Waals surface area contributed by atoms with E-state index in [1.54, 1.807) is 0 Å². The second kappa shape index (κ2) is 5.08. The molecule has 20 heavy (non-hydrogen) atoms. The molecule has 1 aliphatic rings. The highest BCUT2D eigenvalue weighted by Gasteiger charge is 2.59. The second-order valence-corrected chi connectivity index (χ2v) is 8.24. The van der Waals surface area contributed by atoms with Crippen molar-refractivity contribution in [2.45, 2.75) is 78.0 Å². The molecule has 3 nitrogen and oxygen atoms in total. The van der Waals surface area contributed by atoms with Gasteiger partial charge in [-0.15, -0.1) is 11.3 Å². The van der Waals surface area contributed by atoms with E-state index in [4.69, 9.17) is 9.72 Å². The van der Waals surface area contributed by atoms with Crippen LogP contribution in [0, 0.1) is 13.8 Å². The van der Waals surface area contributed by atoms with Crippen LogP contribution in [0.3, 0.4) is 0 Å². The van der Waals surface area contributed by atoms with E-state index >= 15 is 0 Å². The lowest BCUT2D eigenvalue weighted by Gasteiger charge is -2.39. The summed E-state index contributed by atoms with van der Waals surface area (Å²) in [4.78, 5) is 6.16. The van der Waals surface area contributed by atoms with E-state index in [0.29, 0.717) is 0 Å². The molecular formula is C16H28N2OS. The Kier molecular flexibility index (Phi) is 4.04. The Balaban J connectivity index is 2.51. The maximum absolute atomic E-state index is 6.36. The Morgan fingerprint density at radius 2 is 1.90 bits per heavy atom. The molecule has 1 N–H and O–H groups in total. The van der Waals surface area contributed by atoms with Crippen LogP contribution in [0.1, 0.15) is 63.0 Å². The highest BCUT2D eigenvalue weighted by atomic mass is 32.1. The van der Waals surface area contributed by atoms with Gasteiger partial charge in [0, 0.05) is 11.3 Å². The van der Waals surface area contributed by atoms with Crippen molar-refractivity contribution in [3.05, 3.63) is 15.6 Å². The fraction of sp³-hybridized carbons (Fsp3) is 0.812. The van der Waals surface area contributed by atoms with Gasteiger partial charge in [0.25, 0.3) is 0 Å². The zero-order valence-corrected chi connectivity index (χ0v) is 14.7. The summed E-state index contributed by atoms with van der Waals surface area (Å²) in [5.74, 6) is 0. The molecule has 0 bridgehead atoms. The molecule has 0 aliphatic carbocycles. The number of thiazole rings is 1. The molecular weight excluding hydrogens is 268 g/mol. The minimum atomic E-state index is -0.262. The van der Waals surface area contributed by atoms with Crippen LogP contribution < -0.4 is 5.32 Å². The van der Waals surface area contributed by atoms with Crippen molar-refractivity contribution < 1.29 is 4.74 Å². The molecule has 1 aromatic heterocycles. The molecule has 114 valence electrons. The first kappa shape index (κ1) is 15.9. The van der Waals surface area contributed by atoms with Crippen LogP contribution in [0.15, 0.2) is 0 Å². The van der Waals surface area contributed by atoms with E-state index < -0.39 is 0 Å². The van der Waals surface area contributed by atoms with E-state index in [1.807, 2.05) is 11.3 Å². The Morgan fingerprint density at radius 3 is 2.30 bits per heavy atom. The summed E-state index contributed by atoms with van der Waals surface area (Å²) in [5, 5.41) is 4.95. The quantitative estimate of drug-likeness (QED) is 0.914. The smallest absolute Gasteiger partial charge is 0.116 e. The summed E-state index contributed by atoms with van der Waals surface area (Å²) in [5.41, 5.74) is 0.569. The third-order valence-electron chi connectivity index (χ3n) is 4.32. The summed E-state index contributed by atoms with van der Waals surface area (Å²) in [6, 6.07) is 0. The van der Waals surface area contributed by atoms with Crippen LogP contribution >= 0.6 is 11.3 Å². The second-order valence-electron chi connectivity index (χ2n) is 7.04. The number of aromatic nitrogens is 1. The van der Waals surface area contributed by atoms with E-state index in [9.17, 15) is 0 Å². The van der Waals surface area contributed by atoms with Crippen LogP contribution in [0.4, 0.5) is 0 Å². The van der Waals surface area contributed by atoms with Gasteiger partial charge >= 0.3 is 0 Å². The molecule has 0 aromatic carbocycles. The highest BCUT2D eigenvalue weighted by Crippen LogP contribution is 2.51. The maximum atomic E-state index is 6.36. The molecule has 1 fully saturated rings. The molecule has 0 radical (unpaired) electrons. The predicted molar refractivity (Wildman–Crippen MR) is 85.4 cm³/mol. The third kappa shape index (κ3) is 2.53. The van der Waals surface area contributed by atoms with Gasteiger partial charge in [0.15, 0.2) is 0 Å². The number of nitrogens with one attached hydrogen (secondary N) is 1. The summed E-state index contributed by atoms with van der Waals surface area (Å²) in [6.07, 6.45) is 2.07. The molecule has 1 aliphatic heterocycles. The lowest BCUT2D eigenvalue weighted by molar-refractivity contribution is -0.0843. The molecule has 0 spiro atoms. The standard InChI is InChI=1S/C16H28N2OS/c1-8-9-17-16(13-18-11(2)12(3)20-13)10-14(4,5)19-15(16,6)7/h17H,8-10H2,1-7H3. The van der Waals surface area contributed by atoms with Crippen molar-refractivity contribution in [1.82, 2.24) is 10.3 Å². The van der Waals surface area contributed by atoms with Crippen LogP contribution in [-0.4, -0.2) is 22.7 Å². The van der Waals surface area contributed by atoms with Gasteiger partial charge in [-0.25, -0.2) is 4.98 Å². The van der Waals surface area contributed by atoms with E-state index in [2.05, 4.69) is 53.8 Å². The first-order chi connectivity index (χ1) is 9.13. The number of hydrogen-bond acceptors (Lipinski definition) is 4. The summed E-state index contributed by atoms with van der Waals surface area (Å²) in [6.45, 7) is 16.2. The zero-order valence-electron chi connectivity index (χ0n) is 13.9. The van der Waals surface area contributed by atoms with Crippen molar-refractivity contribution in [2.75, 3.05) is 6.54 Å². The van der Waals surface area contributed by atoms with Crippen LogP contribution in [0.25, 0.3) is 0 Å². The summed E-state index contributed by atoms with van der Waals surface area (Å²) >= 11 is 1.81. The van der Waals surface area contributed by atoms with Crippen molar-refractivity contribution in [3.8, 4) is 0 Å². The Bertz CT molecular complexity index is 473. The Labute approximate surface area is 127 Å². The monoisotopic (exact) mass is 296 g/mol. The molecule has 2 heterocycles. The van der Waals surface area contributed by atoms with Gasteiger partial charge < -0.3 is 10.1 Å². The number of rotatable bonds is 4. The normalized spacial score (nSPS) is 27.9. The lowest BCUT2D eigenvalue weighted by atomic mass is 9.79. The van der Waals surface area contributed by atoms with Gasteiger partial charge in [-0.3, -0.25) is 0 Å². The van der Waals surface area contributed by atoms with Crippen molar-refractivity contribution in [2.24, 2.45) is 0 Å². The Morgan fingerprint density at radius 1 is 1.25 bits per heavy atom. The number of aryl methyl sites for hydroxylation is 2. The first-order valence-corrected chi connectivity index (χ1v) is 8.35. The summed E-state index contributed by atoms with van der Waals surface area (Å²) in [7, 11) is 0. The minimum Gasteiger partial charge on any atom is -0.367 e. The van der Waals surface area contributed by atoms with Crippen molar-refractivity contribution in [3.63, 3.8) is 0 Å². The lowest BCUT2D eigenvalue weighted by Crippen LogP contribution is -2.54. The molecule has 0 amide bonds. The molecule has 1 unspecified atom stereocenters. The largest absolute Gasteiger partial charge is 0.367 e. The van der Waals surface area contributed by atoms with Gasteiger partial charge in [0.1, 0.15) is 10.5 Å². The molecule has 1 aromatic rings. The molecule has 1 saturated heterocycles. The van der Waals surface area contributed by atoms with E-state index in [-0.39, 0.29) is 16.7 Å². The van der Waals surface area contributed by atoms with Crippen LogP contribution in [0.5, 0.6) is 0 Å². The third-order valence-corrected chi connectivity index (χ3v) is 5.56. The average molecular weight is 296 g/mol. The number of nitrogens with zero attached hydrogens (tertiary/aromatic N) is 1. The van der Waals surface area contributed by atoms with Crippen molar-refractivity contribution in [1.29, 1.82) is 0 Å². The molecule has 2 rings (SSSR count). The van der Waals surface area contributed by atoms with E-state index in [0.717, 1.165) is 25.1 Å². The number of hydrogen-bond donors (Lipinski definition) is 1. The topological polar surface area (TPSA) is 34.2 Å². The van der Waals surface area contributed by atoms with Gasteiger partial charge in [-0.05, 0) is 54.5 Å². The zero-order chi connectivity index (χ0) is 15.2. The van der Waals surface area contributed by atoms with Crippen LogP contribution in [0.2, 0.25) is 0 Å².